The maximum Gasteiger partial charge on any atom is 0.244 e. The fourth-order valence-electron chi connectivity index (χ4n) is 1.78. The second-order valence-corrected chi connectivity index (χ2v) is 5.13. The number of thioether (sulfide) groups is 1. The summed E-state index contributed by atoms with van der Waals surface area (Å²) in [5.74, 6) is 0.174. The fourth-order valence-corrected chi connectivity index (χ4v) is 3.01. The number of hydrogen-bond donors (Lipinski definition) is 0. The fraction of sp³-hybridized carbons (Fsp3) is 0.750. The van der Waals surface area contributed by atoms with Crippen LogP contribution in [0.5, 0.6) is 0 Å². The first-order chi connectivity index (χ1) is 5.62. The van der Waals surface area contributed by atoms with Gasteiger partial charge in [-0.1, -0.05) is 11.8 Å². The van der Waals surface area contributed by atoms with Crippen LogP contribution in [0.15, 0.2) is 5.10 Å². The van der Waals surface area contributed by atoms with Crippen LogP contribution < -0.4 is 0 Å². The summed E-state index contributed by atoms with van der Waals surface area (Å²) in [6.45, 7) is 4.05. The van der Waals surface area contributed by atoms with Crippen LogP contribution >= 0.6 is 11.8 Å². The SMILES string of the molecule is CC1=NN2C(=O)CCCC2(C)S1. The van der Waals surface area contributed by atoms with Crippen LogP contribution in [-0.2, 0) is 4.79 Å². The predicted molar refractivity (Wildman–Crippen MR) is 49.8 cm³/mol. The quantitative estimate of drug-likeness (QED) is 0.575. The van der Waals surface area contributed by atoms with Crippen molar-refractivity contribution in [2.75, 3.05) is 0 Å². The highest BCUT2D eigenvalue weighted by molar-refractivity contribution is 8.15. The molecule has 66 valence electrons. The van der Waals surface area contributed by atoms with E-state index in [0.29, 0.717) is 6.42 Å². The second-order valence-electron chi connectivity index (χ2n) is 3.46. The first-order valence-electron chi connectivity index (χ1n) is 4.19. The number of hydrogen-bond acceptors (Lipinski definition) is 3. The molecule has 0 N–H and O–H groups in total. The summed E-state index contributed by atoms with van der Waals surface area (Å²) in [5, 5.41) is 6.90. The molecule has 2 aliphatic heterocycles. The summed E-state index contributed by atoms with van der Waals surface area (Å²) in [6, 6.07) is 0. The Morgan fingerprint density at radius 1 is 1.67 bits per heavy atom. The van der Waals surface area contributed by atoms with Gasteiger partial charge in [-0.15, -0.1) is 0 Å². The molecule has 0 aromatic carbocycles. The summed E-state index contributed by atoms with van der Waals surface area (Å²) < 4.78 is 0. The van der Waals surface area contributed by atoms with Crippen LogP contribution in [0.25, 0.3) is 0 Å². The van der Waals surface area contributed by atoms with Gasteiger partial charge in [-0.05, 0) is 26.7 Å². The Kier molecular flexibility index (Phi) is 1.68. The van der Waals surface area contributed by atoms with Crippen molar-refractivity contribution in [3.05, 3.63) is 0 Å². The van der Waals surface area contributed by atoms with Gasteiger partial charge in [0.2, 0.25) is 5.91 Å². The summed E-state index contributed by atoms with van der Waals surface area (Å²) in [7, 11) is 0. The van der Waals surface area contributed by atoms with Gasteiger partial charge in [0.05, 0.1) is 5.04 Å². The molecule has 1 fully saturated rings. The lowest BCUT2D eigenvalue weighted by molar-refractivity contribution is -0.136. The lowest BCUT2D eigenvalue weighted by Crippen LogP contribution is -2.44. The van der Waals surface area contributed by atoms with Gasteiger partial charge >= 0.3 is 0 Å². The minimum Gasteiger partial charge on any atom is -0.273 e. The van der Waals surface area contributed by atoms with Crippen LogP contribution in [0.4, 0.5) is 0 Å². The largest absolute Gasteiger partial charge is 0.273 e. The van der Waals surface area contributed by atoms with Crippen molar-refractivity contribution in [2.45, 2.75) is 38.0 Å². The van der Waals surface area contributed by atoms with Crippen LogP contribution in [-0.4, -0.2) is 20.8 Å². The van der Waals surface area contributed by atoms with Gasteiger partial charge in [-0.2, -0.15) is 5.10 Å². The third-order valence-electron chi connectivity index (χ3n) is 2.32. The zero-order chi connectivity index (χ0) is 8.77. The number of hydrazone groups is 1. The molecule has 2 rings (SSSR count). The van der Waals surface area contributed by atoms with Gasteiger partial charge < -0.3 is 0 Å². The molecule has 0 radical (unpaired) electrons. The van der Waals surface area contributed by atoms with Crippen molar-refractivity contribution >= 4 is 22.7 Å². The Balaban J connectivity index is 2.30. The van der Waals surface area contributed by atoms with E-state index in [9.17, 15) is 4.79 Å². The molecule has 0 aromatic heterocycles. The molecule has 1 amide bonds. The number of piperidine rings is 1. The molecule has 0 bridgehead atoms. The number of carbonyl (C=O) groups is 1. The van der Waals surface area contributed by atoms with Crippen LogP contribution in [0.1, 0.15) is 33.1 Å². The number of fused-ring (bicyclic) bond motifs is 1. The number of rotatable bonds is 0. The Morgan fingerprint density at radius 3 is 3.08 bits per heavy atom. The Labute approximate surface area is 76.2 Å². The third kappa shape index (κ3) is 1.05. The smallest absolute Gasteiger partial charge is 0.244 e. The summed E-state index contributed by atoms with van der Waals surface area (Å²) in [6.07, 6.45) is 2.72. The van der Waals surface area contributed by atoms with Crippen molar-refractivity contribution in [2.24, 2.45) is 5.10 Å². The minimum absolute atomic E-state index is 0.0700. The van der Waals surface area contributed by atoms with E-state index in [-0.39, 0.29) is 10.8 Å². The molecule has 0 aromatic rings. The average Bonchev–Trinajstić information content (AvgIpc) is 2.26. The van der Waals surface area contributed by atoms with Gasteiger partial charge in [-0.3, -0.25) is 4.79 Å². The summed E-state index contributed by atoms with van der Waals surface area (Å²) in [4.78, 5) is 11.4. The number of carbonyl (C=O) groups excluding carboxylic acids is 1. The van der Waals surface area contributed by atoms with E-state index in [4.69, 9.17) is 0 Å². The third-order valence-corrected chi connectivity index (χ3v) is 3.52. The predicted octanol–water partition coefficient (Wildman–Crippen LogP) is 1.80. The van der Waals surface area contributed by atoms with E-state index in [2.05, 4.69) is 12.0 Å². The highest BCUT2D eigenvalue weighted by atomic mass is 32.2. The van der Waals surface area contributed by atoms with Gasteiger partial charge in [0.25, 0.3) is 0 Å². The van der Waals surface area contributed by atoms with Gasteiger partial charge in [0.1, 0.15) is 4.87 Å². The maximum atomic E-state index is 11.4. The molecule has 2 heterocycles. The first kappa shape index (κ1) is 8.10. The molecule has 1 saturated heterocycles. The molecule has 1 unspecified atom stereocenters. The van der Waals surface area contributed by atoms with Crippen molar-refractivity contribution < 1.29 is 4.79 Å². The van der Waals surface area contributed by atoms with Crippen molar-refractivity contribution in [3.8, 4) is 0 Å². The zero-order valence-electron chi connectivity index (χ0n) is 7.33. The molecular weight excluding hydrogens is 172 g/mol. The van der Waals surface area contributed by atoms with E-state index >= 15 is 0 Å². The van der Waals surface area contributed by atoms with Crippen LogP contribution in [0.3, 0.4) is 0 Å². The van der Waals surface area contributed by atoms with E-state index in [1.165, 1.54) is 0 Å². The minimum atomic E-state index is -0.0700. The van der Waals surface area contributed by atoms with Gasteiger partial charge in [-0.25, -0.2) is 5.01 Å². The van der Waals surface area contributed by atoms with Gasteiger partial charge in [0.15, 0.2) is 0 Å². The maximum absolute atomic E-state index is 11.4. The Bertz CT molecular complexity index is 264. The normalized spacial score (nSPS) is 35.0. The molecule has 0 saturated carbocycles. The van der Waals surface area contributed by atoms with Crippen LogP contribution in [0.2, 0.25) is 0 Å². The highest BCUT2D eigenvalue weighted by Gasteiger charge is 2.43. The topological polar surface area (TPSA) is 32.7 Å². The second kappa shape index (κ2) is 2.49. The molecule has 12 heavy (non-hydrogen) atoms. The van der Waals surface area contributed by atoms with E-state index in [1.807, 2.05) is 6.92 Å². The summed E-state index contributed by atoms with van der Waals surface area (Å²) in [5.41, 5.74) is 0. The van der Waals surface area contributed by atoms with E-state index in [1.54, 1.807) is 16.8 Å². The number of amides is 1. The average molecular weight is 184 g/mol. The first-order valence-corrected chi connectivity index (χ1v) is 5.01. The molecule has 2 aliphatic rings. The zero-order valence-corrected chi connectivity index (χ0v) is 8.15. The highest BCUT2D eigenvalue weighted by Crippen LogP contribution is 2.43. The molecule has 4 heteroatoms. The van der Waals surface area contributed by atoms with Crippen LogP contribution in [0, 0.1) is 0 Å². The molecule has 0 aliphatic carbocycles. The summed E-state index contributed by atoms with van der Waals surface area (Å²) >= 11 is 1.71. The van der Waals surface area contributed by atoms with E-state index in [0.717, 1.165) is 17.9 Å². The van der Waals surface area contributed by atoms with Crippen molar-refractivity contribution in [3.63, 3.8) is 0 Å². The molecule has 0 spiro atoms. The molecule has 1 atom stereocenters. The van der Waals surface area contributed by atoms with E-state index < -0.39 is 0 Å². The number of nitrogens with zero attached hydrogens (tertiary/aromatic N) is 2. The standard InChI is InChI=1S/C8H12N2OS/c1-6-9-10-7(11)4-3-5-8(10,2)12-6/h3-5H2,1-2H3. The molecular formula is C8H12N2OS. The van der Waals surface area contributed by atoms with Crippen molar-refractivity contribution in [1.82, 2.24) is 5.01 Å². The Morgan fingerprint density at radius 2 is 2.42 bits per heavy atom. The Hall–Kier alpha value is -0.510. The van der Waals surface area contributed by atoms with Gasteiger partial charge in [0, 0.05) is 6.42 Å². The lowest BCUT2D eigenvalue weighted by Gasteiger charge is -2.35. The lowest BCUT2D eigenvalue weighted by atomic mass is 10.0. The monoisotopic (exact) mass is 184 g/mol. The molecule has 3 nitrogen and oxygen atoms in total. The van der Waals surface area contributed by atoms with Crippen molar-refractivity contribution in [1.29, 1.82) is 0 Å².